The smallest absolute Gasteiger partial charge is 0.387 e. The monoisotopic (exact) mass is 433 g/mol. The zero-order chi connectivity index (χ0) is 23.1. The van der Waals surface area contributed by atoms with Crippen LogP contribution in [-0.2, 0) is 14.3 Å². The van der Waals surface area contributed by atoms with E-state index in [9.17, 15) is 18.4 Å². The van der Waals surface area contributed by atoms with Crippen molar-refractivity contribution in [1.29, 1.82) is 0 Å². The van der Waals surface area contributed by atoms with Gasteiger partial charge in [-0.1, -0.05) is 26.0 Å². The first-order chi connectivity index (χ1) is 14.3. The molecule has 3 rings (SSSR count). The lowest BCUT2D eigenvalue weighted by Gasteiger charge is -2.39. The second kappa shape index (κ2) is 8.09. The van der Waals surface area contributed by atoms with Crippen LogP contribution >= 0.6 is 0 Å². The molecule has 0 radical (unpaired) electrons. The number of dihydropyridines is 1. The number of esters is 1. The van der Waals surface area contributed by atoms with Gasteiger partial charge in [-0.15, -0.1) is 0 Å². The van der Waals surface area contributed by atoms with E-state index in [0.29, 0.717) is 35.2 Å². The van der Waals surface area contributed by atoms with Crippen molar-refractivity contribution in [3.8, 4) is 5.75 Å². The number of nitrogens with one attached hydrogen (secondary N) is 1. The zero-order valence-corrected chi connectivity index (χ0v) is 18.8. The maximum atomic E-state index is 13.2. The lowest BCUT2D eigenvalue weighted by Crippen LogP contribution is -2.39. The maximum Gasteiger partial charge on any atom is 0.387 e. The molecule has 0 spiro atoms. The van der Waals surface area contributed by atoms with E-state index in [2.05, 4.69) is 10.1 Å². The molecule has 0 saturated carbocycles. The van der Waals surface area contributed by atoms with Crippen LogP contribution < -0.4 is 10.1 Å². The van der Waals surface area contributed by atoms with E-state index in [-0.39, 0.29) is 16.9 Å². The number of ether oxygens (including phenoxy) is 2. The molecule has 1 aromatic carbocycles. The Labute approximate surface area is 181 Å². The number of allylic oxidation sites excluding steroid dienone is 3. The van der Waals surface area contributed by atoms with Crippen LogP contribution in [0.25, 0.3) is 0 Å². The molecule has 1 atom stereocenters. The van der Waals surface area contributed by atoms with Crippen molar-refractivity contribution in [3.05, 3.63) is 52.4 Å². The number of benzene rings is 1. The Morgan fingerprint density at radius 3 is 2.32 bits per heavy atom. The molecule has 1 N–H and O–H groups in total. The molecule has 1 aromatic rings. The number of rotatable bonds is 4. The average molecular weight is 433 g/mol. The lowest BCUT2D eigenvalue weighted by atomic mass is 9.68. The van der Waals surface area contributed by atoms with Gasteiger partial charge in [-0.2, -0.15) is 8.78 Å². The van der Waals surface area contributed by atoms with Crippen molar-refractivity contribution in [1.82, 2.24) is 5.32 Å². The number of carbonyl (C=O) groups is 2. The van der Waals surface area contributed by atoms with Crippen LogP contribution in [0, 0.1) is 5.41 Å². The van der Waals surface area contributed by atoms with Gasteiger partial charge in [-0.3, -0.25) is 4.79 Å². The van der Waals surface area contributed by atoms with Gasteiger partial charge in [0.1, 0.15) is 11.4 Å². The first kappa shape index (κ1) is 23.0. The highest BCUT2D eigenvalue weighted by Gasteiger charge is 2.43. The third-order valence-corrected chi connectivity index (χ3v) is 5.30. The summed E-state index contributed by atoms with van der Waals surface area (Å²) in [6, 6.07) is 6.07. The van der Waals surface area contributed by atoms with Crippen molar-refractivity contribution in [2.24, 2.45) is 5.41 Å². The molecule has 0 saturated heterocycles. The predicted octanol–water partition coefficient (Wildman–Crippen LogP) is 5.23. The molecule has 1 aliphatic carbocycles. The Morgan fingerprint density at radius 2 is 1.77 bits per heavy atom. The summed E-state index contributed by atoms with van der Waals surface area (Å²) in [7, 11) is 0. The number of alkyl halides is 2. The third-order valence-electron chi connectivity index (χ3n) is 5.30. The highest BCUT2D eigenvalue weighted by molar-refractivity contribution is 6.04. The van der Waals surface area contributed by atoms with Gasteiger partial charge in [0.05, 0.1) is 5.57 Å². The standard InChI is InChI=1S/C24H29F2NO4/c1-13-18(21(29)31-23(2,3)4)19(14-7-9-15(10-8-14)30-22(25)26)20-16(27-13)11-24(5,6)12-17(20)28/h7-10,19,22,27H,11-12H2,1-6H3/t19-/m1/s1. The number of hydrogen-bond acceptors (Lipinski definition) is 5. The summed E-state index contributed by atoms with van der Waals surface area (Å²) >= 11 is 0. The van der Waals surface area contributed by atoms with E-state index in [0.717, 1.165) is 5.70 Å². The lowest BCUT2D eigenvalue weighted by molar-refractivity contribution is -0.150. The predicted molar refractivity (Wildman–Crippen MR) is 113 cm³/mol. The Morgan fingerprint density at radius 1 is 1.16 bits per heavy atom. The van der Waals surface area contributed by atoms with E-state index < -0.39 is 24.1 Å². The fourth-order valence-electron chi connectivity index (χ4n) is 4.21. The fourth-order valence-corrected chi connectivity index (χ4v) is 4.21. The molecule has 7 heteroatoms. The van der Waals surface area contributed by atoms with Crippen LogP contribution in [-0.4, -0.2) is 24.0 Å². The van der Waals surface area contributed by atoms with Gasteiger partial charge >= 0.3 is 12.6 Å². The normalized spacial score (nSPS) is 21.1. The minimum atomic E-state index is -2.93. The Kier molecular flexibility index (Phi) is 6.00. The molecule has 5 nitrogen and oxygen atoms in total. The minimum absolute atomic E-state index is 0.0116. The topological polar surface area (TPSA) is 64.6 Å². The molecule has 0 bridgehead atoms. The van der Waals surface area contributed by atoms with E-state index in [1.165, 1.54) is 12.1 Å². The Bertz CT molecular complexity index is 953. The molecular weight excluding hydrogens is 404 g/mol. The molecule has 1 heterocycles. The van der Waals surface area contributed by atoms with Crippen molar-refractivity contribution >= 4 is 11.8 Å². The molecule has 1 aliphatic heterocycles. The van der Waals surface area contributed by atoms with Crippen LogP contribution in [0.2, 0.25) is 0 Å². The highest BCUT2D eigenvalue weighted by atomic mass is 19.3. The number of ketones is 1. The molecule has 168 valence electrons. The summed E-state index contributed by atoms with van der Waals surface area (Å²) in [6.07, 6.45) is 1.02. The van der Waals surface area contributed by atoms with Crippen molar-refractivity contribution in [2.45, 2.75) is 72.5 Å². The number of hydrogen-bond donors (Lipinski definition) is 1. The second-order valence-corrected chi connectivity index (χ2v) is 9.88. The fraction of sp³-hybridized carbons (Fsp3) is 0.500. The summed E-state index contributed by atoms with van der Waals surface area (Å²) in [5.74, 6) is -1.18. The number of halogens is 2. The number of carbonyl (C=O) groups excluding carboxylic acids is 2. The van der Waals surface area contributed by atoms with Gasteiger partial charge in [-0.05, 0) is 57.2 Å². The molecule has 31 heavy (non-hydrogen) atoms. The van der Waals surface area contributed by atoms with Gasteiger partial charge in [0, 0.05) is 29.3 Å². The molecule has 0 aromatic heterocycles. The molecule has 0 amide bonds. The second-order valence-electron chi connectivity index (χ2n) is 9.88. The zero-order valence-electron chi connectivity index (χ0n) is 18.8. The first-order valence-electron chi connectivity index (χ1n) is 10.3. The van der Waals surface area contributed by atoms with Crippen molar-refractivity contribution < 1.29 is 27.8 Å². The van der Waals surface area contributed by atoms with Crippen LogP contribution in [0.4, 0.5) is 8.78 Å². The van der Waals surface area contributed by atoms with E-state index in [1.54, 1.807) is 39.8 Å². The minimum Gasteiger partial charge on any atom is -0.457 e. The van der Waals surface area contributed by atoms with Crippen LogP contribution in [0.5, 0.6) is 5.75 Å². The van der Waals surface area contributed by atoms with E-state index in [1.807, 2.05) is 13.8 Å². The van der Waals surface area contributed by atoms with Crippen molar-refractivity contribution in [2.75, 3.05) is 0 Å². The summed E-state index contributed by atoms with van der Waals surface area (Å²) < 4.78 is 35.2. The maximum absolute atomic E-state index is 13.2. The van der Waals surface area contributed by atoms with E-state index >= 15 is 0 Å². The Hall–Kier alpha value is -2.70. The van der Waals surface area contributed by atoms with Gasteiger partial charge in [-0.25, -0.2) is 4.79 Å². The molecule has 0 unspecified atom stereocenters. The van der Waals surface area contributed by atoms with E-state index in [4.69, 9.17) is 4.74 Å². The van der Waals surface area contributed by atoms with Crippen molar-refractivity contribution in [3.63, 3.8) is 0 Å². The van der Waals surface area contributed by atoms with Crippen LogP contribution in [0.1, 0.15) is 65.9 Å². The molecular formula is C24H29F2NO4. The summed E-state index contributed by atoms with van der Waals surface area (Å²) in [5, 5.41) is 3.27. The van der Waals surface area contributed by atoms with Crippen LogP contribution in [0.3, 0.4) is 0 Å². The third kappa shape index (κ3) is 5.14. The summed E-state index contributed by atoms with van der Waals surface area (Å²) in [6.45, 7) is 8.26. The molecule has 2 aliphatic rings. The summed E-state index contributed by atoms with van der Waals surface area (Å²) in [4.78, 5) is 26.4. The van der Waals surface area contributed by atoms with Gasteiger partial charge in [0.2, 0.25) is 0 Å². The van der Waals surface area contributed by atoms with Gasteiger partial charge in [0.25, 0.3) is 0 Å². The highest BCUT2D eigenvalue weighted by Crippen LogP contribution is 2.47. The number of Topliss-reactive ketones (excluding diaryl/α,β-unsaturated/α-hetero) is 1. The SMILES string of the molecule is CC1=C(C(=O)OC(C)(C)C)[C@@H](c2ccc(OC(F)F)cc2)C2=C(CC(C)(C)CC2=O)N1. The first-order valence-corrected chi connectivity index (χ1v) is 10.3. The quantitative estimate of drug-likeness (QED) is 0.659. The molecule has 0 fully saturated rings. The van der Waals surface area contributed by atoms with Crippen LogP contribution in [0.15, 0.2) is 46.8 Å². The van der Waals surface area contributed by atoms with Gasteiger partial charge in [0.15, 0.2) is 5.78 Å². The largest absolute Gasteiger partial charge is 0.457 e. The Balaban J connectivity index is 2.11. The summed E-state index contributed by atoms with van der Waals surface area (Å²) in [5.41, 5.74) is 2.03. The van der Waals surface area contributed by atoms with Gasteiger partial charge < -0.3 is 14.8 Å². The average Bonchev–Trinajstić information content (AvgIpc) is 2.57.